The Balaban J connectivity index is 2.30. The lowest BCUT2D eigenvalue weighted by Crippen LogP contribution is -2.01. The third-order valence-electron chi connectivity index (χ3n) is 2.77. The van der Waals surface area contributed by atoms with Gasteiger partial charge in [-0.15, -0.1) is 0 Å². The summed E-state index contributed by atoms with van der Waals surface area (Å²) in [5, 5.41) is 10.5. The van der Waals surface area contributed by atoms with Gasteiger partial charge in [-0.05, 0) is 43.3 Å². The second kappa shape index (κ2) is 5.05. The van der Waals surface area contributed by atoms with Crippen LogP contribution in [0.4, 0.5) is 0 Å². The van der Waals surface area contributed by atoms with E-state index in [1.165, 1.54) is 0 Å². The zero-order valence-electron chi connectivity index (χ0n) is 9.98. The highest BCUT2D eigenvalue weighted by Crippen LogP contribution is 2.53. The number of hydrogen-bond donors (Lipinski definition) is 1. The molecule has 98 valence electrons. The highest BCUT2D eigenvalue weighted by molar-refractivity contribution is 9.10. The standard InChI is InChI=1S/C14H10Br2O2S/c1-8(17)19-13-4-2-9(15)6-11(13)18-12-7-10(16)3-5-14(12)19/h2-7,17H,1H3. The number of hydrogen-bond acceptors (Lipinski definition) is 1. The quantitative estimate of drug-likeness (QED) is 0.488. The van der Waals surface area contributed by atoms with E-state index < -0.39 is 10.5 Å². The SMILES string of the molecule is CC(O)=S1c2ccc(Br)cc2Oc2cc(Br)ccc21. The van der Waals surface area contributed by atoms with E-state index in [1.54, 1.807) is 6.92 Å². The molecule has 3 rings (SSSR count). The lowest BCUT2D eigenvalue weighted by Gasteiger charge is -2.24. The Labute approximate surface area is 130 Å². The summed E-state index contributed by atoms with van der Waals surface area (Å²) in [5.41, 5.74) is 0. The number of benzene rings is 2. The van der Waals surface area contributed by atoms with E-state index in [0.717, 1.165) is 30.2 Å². The predicted octanol–water partition coefficient (Wildman–Crippen LogP) is 5.71. The van der Waals surface area contributed by atoms with Gasteiger partial charge in [0.05, 0.1) is 14.8 Å². The van der Waals surface area contributed by atoms with Crippen LogP contribution in [0.1, 0.15) is 6.92 Å². The Morgan fingerprint density at radius 3 is 1.89 bits per heavy atom. The van der Waals surface area contributed by atoms with E-state index in [4.69, 9.17) is 4.74 Å². The van der Waals surface area contributed by atoms with Gasteiger partial charge >= 0.3 is 0 Å². The molecule has 0 unspecified atom stereocenters. The molecular formula is C14H10Br2O2S. The van der Waals surface area contributed by atoms with Crippen molar-refractivity contribution in [2.75, 3.05) is 0 Å². The molecule has 0 saturated carbocycles. The largest absolute Gasteiger partial charge is 0.455 e. The molecule has 1 aliphatic heterocycles. The van der Waals surface area contributed by atoms with Crippen molar-refractivity contribution in [3.63, 3.8) is 0 Å². The maximum absolute atomic E-state index is 10.1. The van der Waals surface area contributed by atoms with Crippen LogP contribution < -0.4 is 4.74 Å². The van der Waals surface area contributed by atoms with Gasteiger partial charge in [-0.3, -0.25) is 0 Å². The maximum Gasteiger partial charge on any atom is 0.142 e. The van der Waals surface area contributed by atoms with Crippen molar-refractivity contribution >= 4 is 47.4 Å². The molecule has 1 aliphatic rings. The molecule has 0 saturated heterocycles. The predicted molar refractivity (Wildman–Crippen MR) is 85.8 cm³/mol. The van der Waals surface area contributed by atoms with Crippen LogP contribution in [-0.2, 0) is 0 Å². The van der Waals surface area contributed by atoms with Gasteiger partial charge in [0.2, 0.25) is 0 Å². The van der Waals surface area contributed by atoms with Gasteiger partial charge in [0.15, 0.2) is 0 Å². The van der Waals surface area contributed by atoms with Crippen LogP contribution in [-0.4, -0.2) is 10.2 Å². The Morgan fingerprint density at radius 2 is 1.47 bits per heavy atom. The minimum absolute atomic E-state index is 0.399. The summed E-state index contributed by atoms with van der Waals surface area (Å²) in [6.45, 7) is 1.74. The normalized spacial score (nSPS) is 13.5. The first-order valence-electron chi connectivity index (χ1n) is 5.60. The lowest BCUT2D eigenvalue weighted by molar-refractivity contribution is 0.453. The Kier molecular flexibility index (Phi) is 3.55. The van der Waals surface area contributed by atoms with E-state index in [9.17, 15) is 5.11 Å². The van der Waals surface area contributed by atoms with E-state index in [-0.39, 0.29) is 0 Å². The van der Waals surface area contributed by atoms with Crippen molar-refractivity contribution in [3.8, 4) is 11.5 Å². The first kappa shape index (κ1) is 13.4. The monoisotopic (exact) mass is 400 g/mol. The Hall–Kier alpha value is -0.620. The fraction of sp³-hybridized carbons (Fsp3) is 0.0714. The van der Waals surface area contributed by atoms with Crippen molar-refractivity contribution in [2.45, 2.75) is 16.7 Å². The molecule has 2 aromatic carbocycles. The Morgan fingerprint density at radius 1 is 1.00 bits per heavy atom. The van der Waals surface area contributed by atoms with Gasteiger partial charge in [0, 0.05) is 8.95 Å². The minimum atomic E-state index is -0.457. The zero-order chi connectivity index (χ0) is 13.6. The molecule has 19 heavy (non-hydrogen) atoms. The zero-order valence-corrected chi connectivity index (χ0v) is 14.0. The molecule has 1 N–H and O–H groups in total. The van der Waals surface area contributed by atoms with Gasteiger partial charge in [0.1, 0.15) is 11.5 Å². The number of fused-ring (bicyclic) bond motifs is 2. The van der Waals surface area contributed by atoms with E-state index in [0.29, 0.717) is 5.05 Å². The number of rotatable bonds is 0. The smallest absolute Gasteiger partial charge is 0.142 e. The molecule has 1 heterocycles. The topological polar surface area (TPSA) is 29.5 Å². The fourth-order valence-electron chi connectivity index (χ4n) is 2.02. The van der Waals surface area contributed by atoms with Gasteiger partial charge in [-0.1, -0.05) is 42.3 Å². The molecular weight excluding hydrogens is 392 g/mol. The summed E-state index contributed by atoms with van der Waals surface area (Å²) in [7, 11) is -0.457. The van der Waals surface area contributed by atoms with Crippen LogP contribution in [0.2, 0.25) is 0 Å². The third-order valence-corrected chi connectivity index (χ3v) is 5.90. The van der Waals surface area contributed by atoms with Crippen LogP contribution in [0.15, 0.2) is 55.1 Å². The van der Waals surface area contributed by atoms with Crippen LogP contribution in [0.3, 0.4) is 0 Å². The Bertz CT molecular complexity index is 653. The molecule has 5 heteroatoms. The molecule has 0 aromatic heterocycles. The highest BCUT2D eigenvalue weighted by atomic mass is 79.9. The van der Waals surface area contributed by atoms with Crippen LogP contribution in [0.5, 0.6) is 11.5 Å². The average Bonchev–Trinajstić information content (AvgIpc) is 2.35. The van der Waals surface area contributed by atoms with Gasteiger partial charge in [0.25, 0.3) is 0 Å². The fourth-order valence-corrected chi connectivity index (χ4v) is 4.58. The van der Waals surface area contributed by atoms with Crippen LogP contribution >= 0.6 is 42.3 Å². The summed E-state index contributed by atoms with van der Waals surface area (Å²) in [6, 6.07) is 11.8. The van der Waals surface area contributed by atoms with E-state index in [1.807, 2.05) is 36.4 Å². The molecule has 0 radical (unpaired) electrons. The molecule has 0 spiro atoms. The lowest BCUT2D eigenvalue weighted by atomic mass is 10.3. The summed E-state index contributed by atoms with van der Waals surface area (Å²) in [4.78, 5) is 2.02. The summed E-state index contributed by atoms with van der Waals surface area (Å²) >= 11 is 6.89. The van der Waals surface area contributed by atoms with Crippen molar-refractivity contribution in [1.82, 2.24) is 0 Å². The van der Waals surface area contributed by atoms with Crippen molar-refractivity contribution in [3.05, 3.63) is 45.3 Å². The number of halogens is 2. The highest BCUT2D eigenvalue weighted by Gasteiger charge is 2.23. The first-order chi connectivity index (χ1) is 9.06. The van der Waals surface area contributed by atoms with Crippen molar-refractivity contribution in [2.24, 2.45) is 0 Å². The van der Waals surface area contributed by atoms with E-state index in [2.05, 4.69) is 31.9 Å². The van der Waals surface area contributed by atoms with Gasteiger partial charge in [-0.25, -0.2) is 0 Å². The second-order valence-electron chi connectivity index (χ2n) is 4.11. The minimum Gasteiger partial charge on any atom is -0.455 e. The summed E-state index contributed by atoms with van der Waals surface area (Å²) < 4.78 is 7.87. The van der Waals surface area contributed by atoms with Crippen molar-refractivity contribution < 1.29 is 9.84 Å². The van der Waals surface area contributed by atoms with Crippen LogP contribution in [0, 0.1) is 0 Å². The maximum atomic E-state index is 10.1. The molecule has 2 nitrogen and oxygen atoms in total. The van der Waals surface area contributed by atoms with Crippen LogP contribution in [0.25, 0.3) is 0 Å². The molecule has 0 aliphatic carbocycles. The number of ether oxygens (including phenoxy) is 1. The van der Waals surface area contributed by atoms with Gasteiger partial charge < -0.3 is 9.84 Å². The number of aliphatic hydroxyl groups is 1. The average molecular weight is 402 g/mol. The third kappa shape index (κ3) is 2.40. The summed E-state index contributed by atoms with van der Waals surface area (Å²) in [5.74, 6) is 1.58. The summed E-state index contributed by atoms with van der Waals surface area (Å²) in [6.07, 6.45) is 0. The molecule has 0 bridgehead atoms. The molecule has 2 aromatic rings. The molecule has 0 amide bonds. The molecule has 0 atom stereocenters. The molecule has 0 fully saturated rings. The second-order valence-corrected chi connectivity index (χ2v) is 8.02. The van der Waals surface area contributed by atoms with E-state index >= 15 is 0 Å². The number of aliphatic hydroxyl groups excluding tert-OH is 1. The van der Waals surface area contributed by atoms with Crippen molar-refractivity contribution in [1.29, 1.82) is 0 Å². The first-order valence-corrected chi connectivity index (χ1v) is 8.41. The van der Waals surface area contributed by atoms with Gasteiger partial charge in [-0.2, -0.15) is 0 Å².